The Hall–Kier alpha value is -1.35. The fourth-order valence-electron chi connectivity index (χ4n) is 4.50. The van der Waals surface area contributed by atoms with Gasteiger partial charge in [0.25, 0.3) is 0 Å². The van der Waals surface area contributed by atoms with Crippen molar-refractivity contribution in [1.82, 2.24) is 10.2 Å². The van der Waals surface area contributed by atoms with Gasteiger partial charge in [0.05, 0.1) is 0 Å². The van der Waals surface area contributed by atoms with E-state index in [4.69, 9.17) is 0 Å². The van der Waals surface area contributed by atoms with Gasteiger partial charge in [0, 0.05) is 19.5 Å². The number of carbonyl (C=O) groups excluding carboxylic acids is 1. The van der Waals surface area contributed by atoms with Crippen molar-refractivity contribution in [2.24, 2.45) is 0 Å². The molecule has 1 amide bonds. The van der Waals surface area contributed by atoms with E-state index in [-0.39, 0.29) is 0 Å². The Bertz CT molecular complexity index is 530. The zero-order chi connectivity index (χ0) is 15.6. The number of rotatable bonds is 4. The molecule has 1 aromatic carbocycles. The Kier molecular flexibility index (Phi) is 4.53. The standard InChI is InChI=1S/C19H28N2O/c1-3-21(4-2)18(22)13-15-14-19(9-11-20-12-10-19)17-8-6-5-7-16(15)17/h5-8,15,20H,3-4,9-14H2,1-2H3. The Balaban J connectivity index is 1.84. The fraction of sp³-hybridized carbons (Fsp3) is 0.632. The first-order valence-corrected chi connectivity index (χ1v) is 8.78. The molecule has 1 aromatic rings. The molecule has 0 saturated carbocycles. The minimum atomic E-state index is 0.316. The van der Waals surface area contributed by atoms with E-state index in [0.717, 1.165) is 32.6 Å². The van der Waals surface area contributed by atoms with Crippen LogP contribution in [0.3, 0.4) is 0 Å². The zero-order valence-electron chi connectivity index (χ0n) is 13.9. The van der Waals surface area contributed by atoms with Crippen LogP contribution in [0.15, 0.2) is 24.3 Å². The lowest BCUT2D eigenvalue weighted by Gasteiger charge is -2.35. The lowest BCUT2D eigenvalue weighted by atomic mass is 9.73. The monoisotopic (exact) mass is 300 g/mol. The highest BCUT2D eigenvalue weighted by Gasteiger charge is 2.44. The number of nitrogens with one attached hydrogen (secondary N) is 1. The van der Waals surface area contributed by atoms with E-state index < -0.39 is 0 Å². The number of amides is 1. The van der Waals surface area contributed by atoms with Gasteiger partial charge >= 0.3 is 0 Å². The molecular weight excluding hydrogens is 272 g/mol. The van der Waals surface area contributed by atoms with Crippen molar-refractivity contribution in [3.05, 3.63) is 35.4 Å². The summed E-state index contributed by atoms with van der Waals surface area (Å²) < 4.78 is 0. The van der Waals surface area contributed by atoms with Gasteiger partial charge in [-0.15, -0.1) is 0 Å². The average Bonchev–Trinajstić information content (AvgIpc) is 2.83. The Morgan fingerprint density at radius 1 is 1.23 bits per heavy atom. The van der Waals surface area contributed by atoms with Gasteiger partial charge in [0.15, 0.2) is 0 Å². The molecule has 1 aliphatic heterocycles. The topological polar surface area (TPSA) is 32.3 Å². The van der Waals surface area contributed by atoms with E-state index in [1.807, 2.05) is 4.90 Å². The first kappa shape index (κ1) is 15.5. The Labute approximate surface area is 134 Å². The molecule has 1 aliphatic carbocycles. The van der Waals surface area contributed by atoms with Crippen molar-refractivity contribution in [3.63, 3.8) is 0 Å². The number of hydrogen-bond donors (Lipinski definition) is 1. The average molecular weight is 300 g/mol. The summed E-state index contributed by atoms with van der Waals surface area (Å²) in [5, 5.41) is 3.48. The van der Waals surface area contributed by atoms with Gasteiger partial charge in [-0.1, -0.05) is 24.3 Å². The summed E-state index contributed by atoms with van der Waals surface area (Å²) in [5.41, 5.74) is 3.27. The highest BCUT2D eigenvalue weighted by molar-refractivity contribution is 5.77. The third kappa shape index (κ3) is 2.67. The van der Waals surface area contributed by atoms with Gasteiger partial charge in [0.2, 0.25) is 5.91 Å². The van der Waals surface area contributed by atoms with Gasteiger partial charge in [-0.25, -0.2) is 0 Å². The predicted molar refractivity (Wildman–Crippen MR) is 90.1 cm³/mol. The first-order valence-electron chi connectivity index (χ1n) is 8.78. The zero-order valence-corrected chi connectivity index (χ0v) is 13.9. The van der Waals surface area contributed by atoms with Crippen LogP contribution < -0.4 is 5.32 Å². The third-order valence-electron chi connectivity index (χ3n) is 5.71. The van der Waals surface area contributed by atoms with Gasteiger partial charge in [-0.3, -0.25) is 4.79 Å². The Morgan fingerprint density at radius 3 is 2.59 bits per heavy atom. The predicted octanol–water partition coefficient (Wildman–Crippen LogP) is 3.05. The quantitative estimate of drug-likeness (QED) is 0.927. The molecule has 3 heteroatoms. The van der Waals surface area contributed by atoms with Crippen molar-refractivity contribution in [1.29, 1.82) is 0 Å². The minimum Gasteiger partial charge on any atom is -0.343 e. The largest absolute Gasteiger partial charge is 0.343 e. The maximum atomic E-state index is 12.6. The van der Waals surface area contributed by atoms with Crippen LogP contribution in [0.4, 0.5) is 0 Å². The lowest BCUT2D eigenvalue weighted by Crippen LogP contribution is -2.38. The van der Waals surface area contributed by atoms with Gasteiger partial charge in [-0.2, -0.15) is 0 Å². The number of nitrogens with zero attached hydrogens (tertiary/aromatic N) is 1. The summed E-state index contributed by atoms with van der Waals surface area (Å²) in [7, 11) is 0. The second-order valence-electron chi connectivity index (χ2n) is 6.79. The maximum absolute atomic E-state index is 12.6. The molecule has 1 atom stereocenters. The van der Waals surface area contributed by atoms with Crippen LogP contribution in [0.1, 0.15) is 56.6 Å². The highest BCUT2D eigenvalue weighted by atomic mass is 16.2. The number of carbonyl (C=O) groups is 1. The summed E-state index contributed by atoms with van der Waals surface area (Å²) in [6.07, 6.45) is 4.24. The summed E-state index contributed by atoms with van der Waals surface area (Å²) in [6, 6.07) is 8.86. The molecule has 1 unspecified atom stereocenters. The van der Waals surface area contributed by atoms with Crippen LogP contribution >= 0.6 is 0 Å². The van der Waals surface area contributed by atoms with Crippen LogP contribution in [-0.4, -0.2) is 37.0 Å². The van der Waals surface area contributed by atoms with Crippen molar-refractivity contribution in [3.8, 4) is 0 Å². The Morgan fingerprint density at radius 2 is 1.91 bits per heavy atom. The molecule has 3 nitrogen and oxygen atoms in total. The molecule has 1 fully saturated rings. The van der Waals surface area contributed by atoms with Gasteiger partial charge in [0.1, 0.15) is 0 Å². The first-order chi connectivity index (χ1) is 10.7. The van der Waals surface area contributed by atoms with Gasteiger partial charge < -0.3 is 10.2 Å². The van der Waals surface area contributed by atoms with E-state index in [1.165, 1.54) is 24.0 Å². The molecule has 1 saturated heterocycles. The molecule has 0 aromatic heterocycles. The molecule has 1 heterocycles. The van der Waals surface area contributed by atoms with Crippen molar-refractivity contribution < 1.29 is 4.79 Å². The molecule has 22 heavy (non-hydrogen) atoms. The van der Waals surface area contributed by atoms with Gasteiger partial charge in [-0.05, 0) is 68.7 Å². The number of fused-ring (bicyclic) bond motifs is 2. The summed E-state index contributed by atoms with van der Waals surface area (Å²) in [4.78, 5) is 14.5. The van der Waals surface area contributed by atoms with Crippen molar-refractivity contribution >= 4 is 5.91 Å². The molecule has 1 N–H and O–H groups in total. The van der Waals surface area contributed by atoms with Crippen LogP contribution in [0.2, 0.25) is 0 Å². The van der Waals surface area contributed by atoms with E-state index >= 15 is 0 Å². The number of benzene rings is 1. The lowest BCUT2D eigenvalue weighted by molar-refractivity contribution is -0.131. The molecular formula is C19H28N2O. The second-order valence-corrected chi connectivity index (χ2v) is 6.79. The van der Waals surface area contributed by atoms with Crippen LogP contribution in [0.25, 0.3) is 0 Å². The van der Waals surface area contributed by atoms with Crippen molar-refractivity contribution in [2.45, 2.75) is 50.9 Å². The van der Waals surface area contributed by atoms with E-state index in [1.54, 1.807) is 0 Å². The molecule has 2 aliphatic rings. The summed E-state index contributed by atoms with van der Waals surface area (Å²) in [5.74, 6) is 0.721. The molecule has 0 radical (unpaired) electrons. The van der Waals surface area contributed by atoms with E-state index in [9.17, 15) is 4.79 Å². The molecule has 120 valence electrons. The molecule has 0 bridgehead atoms. The fourth-order valence-corrected chi connectivity index (χ4v) is 4.50. The smallest absolute Gasteiger partial charge is 0.223 e. The minimum absolute atomic E-state index is 0.316. The maximum Gasteiger partial charge on any atom is 0.223 e. The number of hydrogen-bond acceptors (Lipinski definition) is 2. The van der Waals surface area contributed by atoms with Crippen molar-refractivity contribution in [2.75, 3.05) is 26.2 Å². The van der Waals surface area contributed by atoms with Crippen LogP contribution in [-0.2, 0) is 10.2 Å². The third-order valence-corrected chi connectivity index (χ3v) is 5.71. The molecule has 1 spiro atoms. The SMILES string of the molecule is CCN(CC)C(=O)CC1CC2(CCNCC2)c2ccccc21. The van der Waals surface area contributed by atoms with Crippen LogP contribution in [0, 0.1) is 0 Å². The highest BCUT2D eigenvalue weighted by Crippen LogP contribution is 2.51. The summed E-state index contributed by atoms with van der Waals surface area (Å²) in [6.45, 7) is 7.98. The van der Waals surface area contributed by atoms with E-state index in [2.05, 4.69) is 43.4 Å². The number of piperidine rings is 1. The van der Waals surface area contributed by atoms with E-state index in [0.29, 0.717) is 23.7 Å². The molecule has 3 rings (SSSR count). The second kappa shape index (κ2) is 6.41. The van der Waals surface area contributed by atoms with Crippen LogP contribution in [0.5, 0.6) is 0 Å². The normalized spacial score (nSPS) is 22.5. The summed E-state index contributed by atoms with van der Waals surface area (Å²) >= 11 is 0.